The van der Waals surface area contributed by atoms with E-state index in [4.69, 9.17) is 9.47 Å². The zero-order chi connectivity index (χ0) is 15.6. The number of hydrogen-bond donors (Lipinski definition) is 0. The molecule has 2 heterocycles. The first-order valence-electron chi connectivity index (χ1n) is 7.14. The maximum atomic E-state index is 9.30. The molecule has 0 radical (unpaired) electrons. The van der Waals surface area contributed by atoms with Crippen molar-refractivity contribution in [1.82, 2.24) is 15.0 Å². The summed E-state index contributed by atoms with van der Waals surface area (Å²) in [5.74, 6) is 1.38. The molecule has 3 aromatic rings. The molecule has 4 rings (SSSR count). The number of hydrogen-bond acceptors (Lipinski definition) is 5. The van der Waals surface area contributed by atoms with Crippen molar-refractivity contribution >= 4 is 0 Å². The minimum Gasteiger partial charge on any atom is -0.454 e. The molecule has 0 fully saturated rings. The summed E-state index contributed by atoms with van der Waals surface area (Å²) in [6.45, 7) is 0.219. The second-order valence-corrected chi connectivity index (χ2v) is 5.11. The van der Waals surface area contributed by atoms with Gasteiger partial charge in [0.2, 0.25) is 6.79 Å². The van der Waals surface area contributed by atoms with Crippen molar-refractivity contribution in [3.8, 4) is 23.3 Å². The van der Waals surface area contributed by atoms with Crippen LogP contribution >= 0.6 is 0 Å². The minimum atomic E-state index is 0.219. The topological polar surface area (TPSA) is 73.0 Å². The van der Waals surface area contributed by atoms with Crippen LogP contribution in [0.2, 0.25) is 0 Å². The van der Waals surface area contributed by atoms with Gasteiger partial charge in [-0.25, -0.2) is 4.68 Å². The Morgan fingerprint density at radius 3 is 2.74 bits per heavy atom. The molecule has 0 amide bonds. The number of nitriles is 1. The Labute approximate surface area is 132 Å². The van der Waals surface area contributed by atoms with E-state index in [0.717, 1.165) is 16.9 Å². The van der Waals surface area contributed by atoms with Crippen LogP contribution in [0.3, 0.4) is 0 Å². The van der Waals surface area contributed by atoms with E-state index in [1.807, 2.05) is 48.5 Å². The van der Waals surface area contributed by atoms with E-state index in [-0.39, 0.29) is 6.79 Å². The van der Waals surface area contributed by atoms with Crippen molar-refractivity contribution in [3.05, 3.63) is 65.5 Å². The molecule has 1 aliphatic heterocycles. The molecule has 0 bridgehead atoms. The highest BCUT2D eigenvalue weighted by Crippen LogP contribution is 2.34. The van der Waals surface area contributed by atoms with Gasteiger partial charge in [0, 0.05) is 12.5 Å². The van der Waals surface area contributed by atoms with Gasteiger partial charge in [-0.1, -0.05) is 35.5 Å². The number of fused-ring (bicyclic) bond motifs is 1. The third-order valence-corrected chi connectivity index (χ3v) is 3.68. The van der Waals surface area contributed by atoms with Crippen LogP contribution < -0.4 is 9.47 Å². The highest BCUT2D eigenvalue weighted by Gasteiger charge is 2.18. The van der Waals surface area contributed by atoms with E-state index in [2.05, 4.69) is 16.4 Å². The molecular weight excluding hydrogens is 292 g/mol. The molecule has 112 valence electrons. The normalized spacial score (nSPS) is 12.1. The summed E-state index contributed by atoms with van der Waals surface area (Å²) in [4.78, 5) is 0. The molecule has 0 saturated heterocycles. The van der Waals surface area contributed by atoms with Gasteiger partial charge in [-0.3, -0.25) is 0 Å². The Kier molecular flexibility index (Phi) is 3.17. The van der Waals surface area contributed by atoms with E-state index in [9.17, 15) is 5.26 Å². The van der Waals surface area contributed by atoms with Gasteiger partial charge in [0.25, 0.3) is 0 Å². The molecule has 1 aromatic heterocycles. The van der Waals surface area contributed by atoms with Crippen LogP contribution in [-0.4, -0.2) is 21.8 Å². The second kappa shape index (κ2) is 5.46. The van der Waals surface area contributed by atoms with Crippen molar-refractivity contribution in [2.24, 2.45) is 0 Å². The van der Waals surface area contributed by atoms with Gasteiger partial charge in [0.1, 0.15) is 6.07 Å². The lowest BCUT2D eigenvalue weighted by atomic mass is 10.1. The summed E-state index contributed by atoms with van der Waals surface area (Å²) >= 11 is 0. The largest absolute Gasteiger partial charge is 0.454 e. The fraction of sp³-hybridized carbons (Fsp3) is 0.118. The van der Waals surface area contributed by atoms with Crippen LogP contribution in [0.5, 0.6) is 11.5 Å². The van der Waals surface area contributed by atoms with Crippen molar-refractivity contribution in [2.45, 2.75) is 6.42 Å². The Morgan fingerprint density at radius 1 is 1.09 bits per heavy atom. The van der Waals surface area contributed by atoms with Crippen LogP contribution in [0, 0.1) is 11.3 Å². The van der Waals surface area contributed by atoms with Gasteiger partial charge >= 0.3 is 0 Å². The smallest absolute Gasteiger partial charge is 0.231 e. The highest BCUT2D eigenvalue weighted by molar-refractivity contribution is 5.51. The maximum absolute atomic E-state index is 9.30. The Balaban J connectivity index is 1.77. The SMILES string of the molecule is N#Cc1nnn(-c2ccc3c(c2)OCO3)c1Cc1ccccc1. The molecule has 0 atom stereocenters. The molecule has 1 aliphatic rings. The number of aromatic nitrogens is 3. The first-order chi connectivity index (χ1) is 11.3. The van der Waals surface area contributed by atoms with Gasteiger partial charge in [-0.15, -0.1) is 5.10 Å². The third-order valence-electron chi connectivity index (χ3n) is 3.68. The molecule has 6 nitrogen and oxygen atoms in total. The summed E-state index contributed by atoms with van der Waals surface area (Å²) in [5, 5.41) is 17.4. The van der Waals surface area contributed by atoms with Gasteiger partial charge in [0.15, 0.2) is 17.2 Å². The summed E-state index contributed by atoms with van der Waals surface area (Å²) in [6.07, 6.45) is 0.575. The second-order valence-electron chi connectivity index (χ2n) is 5.11. The third kappa shape index (κ3) is 2.38. The molecule has 0 unspecified atom stereocenters. The van der Waals surface area contributed by atoms with Crippen LogP contribution in [0.1, 0.15) is 17.0 Å². The van der Waals surface area contributed by atoms with E-state index in [1.54, 1.807) is 4.68 Å². The Morgan fingerprint density at radius 2 is 1.91 bits per heavy atom. The molecule has 2 aromatic carbocycles. The van der Waals surface area contributed by atoms with Gasteiger partial charge in [-0.05, 0) is 17.7 Å². The molecule has 0 spiro atoms. The number of rotatable bonds is 3. The fourth-order valence-electron chi connectivity index (χ4n) is 2.56. The van der Waals surface area contributed by atoms with Gasteiger partial charge in [-0.2, -0.15) is 5.26 Å². The minimum absolute atomic E-state index is 0.219. The first kappa shape index (κ1) is 13.3. The standard InChI is InChI=1S/C17H12N4O2/c18-10-14-15(8-12-4-2-1-3-5-12)21(20-19-14)13-6-7-16-17(9-13)23-11-22-16/h1-7,9H,8,11H2. The molecule has 6 heteroatoms. The fourth-order valence-corrected chi connectivity index (χ4v) is 2.56. The van der Waals surface area contributed by atoms with Crippen LogP contribution in [0.15, 0.2) is 48.5 Å². The van der Waals surface area contributed by atoms with E-state index in [1.165, 1.54) is 0 Å². The summed E-state index contributed by atoms with van der Waals surface area (Å²) in [7, 11) is 0. The predicted octanol–water partition coefficient (Wildman–Crippen LogP) is 2.46. The molecule has 0 aliphatic carbocycles. The first-order valence-corrected chi connectivity index (χ1v) is 7.14. The van der Waals surface area contributed by atoms with Crippen LogP contribution in [-0.2, 0) is 6.42 Å². The monoisotopic (exact) mass is 304 g/mol. The van der Waals surface area contributed by atoms with Gasteiger partial charge in [0.05, 0.1) is 11.4 Å². The average Bonchev–Trinajstić information content (AvgIpc) is 3.21. The average molecular weight is 304 g/mol. The maximum Gasteiger partial charge on any atom is 0.231 e. The molecule has 0 N–H and O–H groups in total. The lowest BCUT2D eigenvalue weighted by molar-refractivity contribution is 0.174. The summed E-state index contributed by atoms with van der Waals surface area (Å²) in [5.41, 5.74) is 2.95. The number of benzene rings is 2. The van der Waals surface area contributed by atoms with E-state index < -0.39 is 0 Å². The summed E-state index contributed by atoms with van der Waals surface area (Å²) in [6, 6.07) is 17.6. The van der Waals surface area contributed by atoms with Crippen LogP contribution in [0.4, 0.5) is 0 Å². The number of nitrogens with zero attached hydrogens (tertiary/aromatic N) is 4. The highest BCUT2D eigenvalue weighted by atomic mass is 16.7. The quantitative estimate of drug-likeness (QED) is 0.743. The summed E-state index contributed by atoms with van der Waals surface area (Å²) < 4.78 is 12.4. The van der Waals surface area contributed by atoms with Crippen molar-refractivity contribution < 1.29 is 9.47 Å². The molecule has 0 saturated carbocycles. The lowest BCUT2D eigenvalue weighted by Crippen LogP contribution is -2.04. The zero-order valence-corrected chi connectivity index (χ0v) is 12.1. The van der Waals surface area contributed by atoms with E-state index in [0.29, 0.717) is 23.6 Å². The lowest BCUT2D eigenvalue weighted by Gasteiger charge is -2.07. The Bertz CT molecular complexity index is 897. The molecular formula is C17H12N4O2. The predicted molar refractivity (Wildman–Crippen MR) is 81.4 cm³/mol. The Hall–Kier alpha value is -3.33. The number of ether oxygens (including phenoxy) is 2. The van der Waals surface area contributed by atoms with Gasteiger partial charge < -0.3 is 9.47 Å². The van der Waals surface area contributed by atoms with Crippen molar-refractivity contribution in [1.29, 1.82) is 5.26 Å². The van der Waals surface area contributed by atoms with Crippen molar-refractivity contribution in [3.63, 3.8) is 0 Å². The van der Waals surface area contributed by atoms with Crippen LogP contribution in [0.25, 0.3) is 5.69 Å². The zero-order valence-electron chi connectivity index (χ0n) is 12.1. The van der Waals surface area contributed by atoms with Crippen molar-refractivity contribution in [2.75, 3.05) is 6.79 Å². The molecule has 23 heavy (non-hydrogen) atoms. The van der Waals surface area contributed by atoms with E-state index >= 15 is 0 Å².